The van der Waals surface area contributed by atoms with Crippen LogP contribution in [0.1, 0.15) is 26.2 Å². The molecule has 21 heavy (non-hydrogen) atoms. The second-order valence-corrected chi connectivity index (χ2v) is 8.18. The minimum atomic E-state index is -3.28. The minimum Gasteiger partial charge on any atom is -0.317 e. The number of rotatable bonds is 9. The van der Waals surface area contributed by atoms with Crippen LogP contribution in [-0.2, 0) is 10.2 Å². The van der Waals surface area contributed by atoms with Crippen LogP contribution >= 0.6 is 0 Å². The molecule has 0 spiro atoms. The smallest absolute Gasteiger partial charge is 0.281 e. The Morgan fingerprint density at radius 1 is 1.19 bits per heavy atom. The summed E-state index contributed by atoms with van der Waals surface area (Å²) in [6.07, 6.45) is 2.77. The van der Waals surface area contributed by atoms with Gasteiger partial charge in [-0.1, -0.05) is 6.92 Å². The third-order valence-corrected chi connectivity index (χ3v) is 5.98. The predicted molar refractivity (Wildman–Crippen MR) is 87.6 cm³/mol. The van der Waals surface area contributed by atoms with E-state index in [1.807, 2.05) is 0 Å². The quantitative estimate of drug-likeness (QED) is 0.626. The summed E-state index contributed by atoms with van der Waals surface area (Å²) in [6.45, 7) is 6.77. The fourth-order valence-corrected chi connectivity index (χ4v) is 4.18. The first kappa shape index (κ1) is 18.8. The van der Waals surface area contributed by atoms with E-state index in [1.54, 1.807) is 11.4 Å². The normalized spacial score (nSPS) is 18.8. The highest BCUT2D eigenvalue weighted by atomic mass is 32.2. The lowest BCUT2D eigenvalue weighted by molar-refractivity contribution is 0.217. The minimum absolute atomic E-state index is 0.576. The maximum atomic E-state index is 12.5. The zero-order valence-corrected chi connectivity index (χ0v) is 14.8. The molecule has 0 bridgehead atoms. The van der Waals surface area contributed by atoms with E-state index in [0.717, 1.165) is 38.9 Å². The highest BCUT2D eigenvalue weighted by molar-refractivity contribution is 7.86. The van der Waals surface area contributed by atoms with Crippen molar-refractivity contribution in [3.05, 3.63) is 0 Å². The van der Waals surface area contributed by atoms with E-state index in [-0.39, 0.29) is 0 Å². The molecular formula is C14H32N4O2S. The summed E-state index contributed by atoms with van der Waals surface area (Å²) in [5.74, 6) is 0.616. The molecular weight excluding hydrogens is 288 g/mol. The van der Waals surface area contributed by atoms with Gasteiger partial charge in [0.2, 0.25) is 0 Å². The number of piperidine rings is 1. The molecule has 1 N–H and O–H groups in total. The molecule has 1 rings (SSSR count). The Morgan fingerprint density at radius 2 is 1.81 bits per heavy atom. The Hall–Kier alpha value is -0.210. The van der Waals surface area contributed by atoms with Gasteiger partial charge in [0.15, 0.2) is 0 Å². The van der Waals surface area contributed by atoms with Crippen LogP contribution in [0.4, 0.5) is 0 Å². The third-order valence-electron chi connectivity index (χ3n) is 3.99. The summed E-state index contributed by atoms with van der Waals surface area (Å²) in [5, 5.41) is 3.22. The molecule has 1 aliphatic heterocycles. The molecule has 7 heteroatoms. The average molecular weight is 321 g/mol. The van der Waals surface area contributed by atoms with Gasteiger partial charge in [0.05, 0.1) is 0 Å². The first-order chi connectivity index (χ1) is 9.87. The molecule has 0 aromatic carbocycles. The molecule has 1 fully saturated rings. The van der Waals surface area contributed by atoms with Crippen molar-refractivity contribution < 1.29 is 8.42 Å². The maximum absolute atomic E-state index is 12.5. The number of hydrogen-bond donors (Lipinski definition) is 1. The van der Waals surface area contributed by atoms with Crippen molar-refractivity contribution in [1.29, 1.82) is 0 Å². The van der Waals surface area contributed by atoms with Crippen molar-refractivity contribution in [2.75, 3.05) is 60.4 Å². The molecule has 126 valence electrons. The van der Waals surface area contributed by atoms with Gasteiger partial charge in [-0.05, 0) is 52.4 Å². The van der Waals surface area contributed by atoms with Gasteiger partial charge in [-0.15, -0.1) is 0 Å². The highest BCUT2D eigenvalue weighted by Crippen LogP contribution is 2.21. The second-order valence-electron chi connectivity index (χ2n) is 6.14. The summed E-state index contributed by atoms with van der Waals surface area (Å²) in [7, 11) is 2.55. The lowest BCUT2D eigenvalue weighted by atomic mass is 9.98. The topological polar surface area (TPSA) is 55.9 Å². The number of nitrogens with one attached hydrogen (secondary N) is 1. The van der Waals surface area contributed by atoms with Crippen molar-refractivity contribution in [3.8, 4) is 0 Å². The van der Waals surface area contributed by atoms with Gasteiger partial charge in [0.25, 0.3) is 10.2 Å². The van der Waals surface area contributed by atoms with Crippen LogP contribution < -0.4 is 5.32 Å². The summed E-state index contributed by atoms with van der Waals surface area (Å²) < 4.78 is 28.1. The van der Waals surface area contributed by atoms with Gasteiger partial charge >= 0.3 is 0 Å². The fourth-order valence-electron chi connectivity index (χ4n) is 2.75. The van der Waals surface area contributed by atoms with Crippen molar-refractivity contribution in [2.45, 2.75) is 26.2 Å². The maximum Gasteiger partial charge on any atom is 0.281 e. The fraction of sp³-hybridized carbons (Fsp3) is 1.00. The summed E-state index contributed by atoms with van der Waals surface area (Å²) in [6, 6.07) is 0. The van der Waals surface area contributed by atoms with Crippen molar-refractivity contribution in [1.82, 2.24) is 18.8 Å². The monoisotopic (exact) mass is 320 g/mol. The summed E-state index contributed by atoms with van der Waals surface area (Å²) >= 11 is 0. The Balaban J connectivity index is 2.41. The lowest BCUT2D eigenvalue weighted by Crippen LogP contribution is -2.47. The van der Waals surface area contributed by atoms with Gasteiger partial charge in [-0.3, -0.25) is 0 Å². The van der Waals surface area contributed by atoms with Crippen molar-refractivity contribution in [3.63, 3.8) is 0 Å². The predicted octanol–water partition coefficient (Wildman–Crippen LogP) is 0.436. The van der Waals surface area contributed by atoms with E-state index in [4.69, 9.17) is 0 Å². The van der Waals surface area contributed by atoms with Crippen LogP contribution in [-0.4, -0.2) is 82.3 Å². The summed E-state index contributed by atoms with van der Waals surface area (Å²) in [5.41, 5.74) is 0. The molecule has 0 saturated carbocycles. The Labute approximate surface area is 130 Å². The molecule has 1 aliphatic rings. The molecule has 0 aromatic rings. The SMILES string of the molecule is CCNCCCN(C)S(=O)(=O)N1CCC(CN(C)C)CC1. The molecule has 6 nitrogen and oxygen atoms in total. The van der Waals surface area contributed by atoms with Crippen LogP contribution in [0.25, 0.3) is 0 Å². The van der Waals surface area contributed by atoms with E-state index in [1.165, 1.54) is 4.31 Å². The first-order valence-electron chi connectivity index (χ1n) is 7.94. The van der Waals surface area contributed by atoms with Gasteiger partial charge in [0.1, 0.15) is 0 Å². The van der Waals surface area contributed by atoms with Crippen molar-refractivity contribution >= 4 is 10.2 Å². The number of nitrogens with zero attached hydrogens (tertiary/aromatic N) is 3. The first-order valence-corrected chi connectivity index (χ1v) is 9.34. The highest BCUT2D eigenvalue weighted by Gasteiger charge is 2.30. The molecule has 0 radical (unpaired) electrons. The third kappa shape index (κ3) is 6.20. The average Bonchev–Trinajstić information content (AvgIpc) is 2.43. The largest absolute Gasteiger partial charge is 0.317 e. The van der Waals surface area contributed by atoms with Gasteiger partial charge in [-0.2, -0.15) is 17.0 Å². The van der Waals surface area contributed by atoms with Crippen LogP contribution in [0, 0.1) is 5.92 Å². The standard InChI is InChI=1S/C14H32N4O2S/c1-5-15-9-6-10-17(4)21(19,20)18-11-7-14(8-12-18)13-16(2)3/h14-15H,5-13H2,1-4H3. The van der Waals surface area contributed by atoms with Crippen LogP contribution in [0.15, 0.2) is 0 Å². The van der Waals surface area contributed by atoms with Crippen LogP contribution in [0.3, 0.4) is 0 Å². The molecule has 0 atom stereocenters. The number of hydrogen-bond acceptors (Lipinski definition) is 4. The molecule has 1 saturated heterocycles. The van der Waals surface area contributed by atoms with Gasteiger partial charge in [0, 0.05) is 33.2 Å². The zero-order chi connectivity index (χ0) is 15.9. The molecule has 0 unspecified atom stereocenters. The van der Waals surface area contributed by atoms with E-state index < -0.39 is 10.2 Å². The van der Waals surface area contributed by atoms with E-state index in [0.29, 0.717) is 25.6 Å². The Bertz CT molecular complexity index is 378. The van der Waals surface area contributed by atoms with Crippen LogP contribution in [0.5, 0.6) is 0 Å². The molecule has 1 heterocycles. The second kappa shape index (κ2) is 9.05. The van der Waals surface area contributed by atoms with E-state index in [2.05, 4.69) is 31.2 Å². The van der Waals surface area contributed by atoms with Crippen LogP contribution in [0.2, 0.25) is 0 Å². The Morgan fingerprint density at radius 3 is 2.33 bits per heavy atom. The van der Waals surface area contributed by atoms with Crippen molar-refractivity contribution in [2.24, 2.45) is 5.92 Å². The van der Waals surface area contributed by atoms with E-state index in [9.17, 15) is 8.42 Å². The van der Waals surface area contributed by atoms with Gasteiger partial charge < -0.3 is 10.2 Å². The molecule has 0 amide bonds. The van der Waals surface area contributed by atoms with Gasteiger partial charge in [-0.25, -0.2) is 0 Å². The lowest BCUT2D eigenvalue weighted by Gasteiger charge is -2.34. The zero-order valence-electron chi connectivity index (χ0n) is 14.0. The molecule has 0 aromatic heterocycles. The summed E-state index contributed by atoms with van der Waals surface area (Å²) in [4.78, 5) is 2.18. The Kier molecular flexibility index (Phi) is 8.12. The van der Waals surface area contributed by atoms with E-state index >= 15 is 0 Å². The molecule has 0 aliphatic carbocycles.